The van der Waals surface area contributed by atoms with E-state index in [1.165, 1.54) is 51.4 Å². The maximum Gasteiger partial charge on any atom is 0.169 e. The third-order valence-corrected chi connectivity index (χ3v) is 5.74. The molecule has 4 heteroatoms. The van der Waals surface area contributed by atoms with Gasteiger partial charge in [-0.05, 0) is 50.6 Å². The molecule has 0 radical (unpaired) electrons. The Morgan fingerprint density at radius 1 is 1.06 bits per heavy atom. The standard InChI is InChI=1S/C14H26N2S2/c1-18-13-8-5-10-16(11-9-13)14(17)15-12-6-3-2-4-7-12/h12-13H,2-11H2,1H3,(H,15,17). The minimum absolute atomic E-state index is 0.644. The predicted molar refractivity (Wildman–Crippen MR) is 85.3 cm³/mol. The molecule has 0 spiro atoms. The van der Waals surface area contributed by atoms with Crippen molar-refractivity contribution in [2.75, 3.05) is 19.3 Å². The van der Waals surface area contributed by atoms with Crippen molar-refractivity contribution in [2.45, 2.75) is 62.7 Å². The molecule has 0 aromatic rings. The summed E-state index contributed by atoms with van der Waals surface area (Å²) in [6.45, 7) is 2.29. The predicted octanol–water partition coefficient (Wildman–Crippen LogP) is 3.41. The number of hydrogen-bond donors (Lipinski definition) is 1. The lowest BCUT2D eigenvalue weighted by atomic mass is 9.96. The average Bonchev–Trinajstić information content (AvgIpc) is 2.65. The molecule has 1 atom stereocenters. The zero-order valence-electron chi connectivity index (χ0n) is 11.5. The topological polar surface area (TPSA) is 15.3 Å². The van der Waals surface area contributed by atoms with E-state index >= 15 is 0 Å². The largest absolute Gasteiger partial charge is 0.360 e. The van der Waals surface area contributed by atoms with E-state index in [2.05, 4.69) is 16.5 Å². The van der Waals surface area contributed by atoms with Crippen molar-refractivity contribution in [3.63, 3.8) is 0 Å². The molecule has 18 heavy (non-hydrogen) atoms. The summed E-state index contributed by atoms with van der Waals surface area (Å²) in [4.78, 5) is 2.40. The average molecular weight is 287 g/mol. The van der Waals surface area contributed by atoms with Crippen molar-refractivity contribution in [3.05, 3.63) is 0 Å². The van der Waals surface area contributed by atoms with E-state index in [4.69, 9.17) is 12.2 Å². The van der Waals surface area contributed by atoms with Crippen molar-refractivity contribution in [3.8, 4) is 0 Å². The van der Waals surface area contributed by atoms with Gasteiger partial charge in [-0.15, -0.1) is 0 Å². The number of nitrogens with one attached hydrogen (secondary N) is 1. The highest BCUT2D eigenvalue weighted by molar-refractivity contribution is 7.99. The number of thioether (sulfide) groups is 1. The van der Waals surface area contributed by atoms with Gasteiger partial charge < -0.3 is 10.2 Å². The highest BCUT2D eigenvalue weighted by atomic mass is 32.2. The molecule has 2 nitrogen and oxygen atoms in total. The van der Waals surface area contributed by atoms with Crippen LogP contribution in [0.4, 0.5) is 0 Å². The highest BCUT2D eigenvalue weighted by Crippen LogP contribution is 2.22. The lowest BCUT2D eigenvalue weighted by molar-refractivity contribution is 0.377. The minimum Gasteiger partial charge on any atom is -0.360 e. The third-order valence-electron chi connectivity index (χ3n) is 4.23. The smallest absolute Gasteiger partial charge is 0.169 e. The normalized spacial score (nSPS) is 26.7. The fourth-order valence-corrected chi connectivity index (χ4v) is 4.11. The van der Waals surface area contributed by atoms with Gasteiger partial charge in [0.25, 0.3) is 0 Å². The van der Waals surface area contributed by atoms with Crippen molar-refractivity contribution in [2.24, 2.45) is 0 Å². The Morgan fingerprint density at radius 3 is 2.56 bits per heavy atom. The van der Waals surface area contributed by atoms with Gasteiger partial charge in [0.1, 0.15) is 0 Å². The van der Waals surface area contributed by atoms with Gasteiger partial charge in [-0.2, -0.15) is 11.8 Å². The first-order valence-corrected chi connectivity index (χ1v) is 9.07. The van der Waals surface area contributed by atoms with E-state index in [0.717, 1.165) is 23.5 Å². The second kappa shape index (κ2) is 7.59. The number of likely N-dealkylation sites (tertiary alicyclic amines) is 1. The molecule has 1 N–H and O–H groups in total. The Balaban J connectivity index is 1.77. The number of hydrogen-bond acceptors (Lipinski definition) is 2. The molecule has 2 fully saturated rings. The molecular weight excluding hydrogens is 260 g/mol. The Bertz CT molecular complexity index is 265. The fraction of sp³-hybridized carbons (Fsp3) is 0.929. The molecule has 1 unspecified atom stereocenters. The van der Waals surface area contributed by atoms with Crippen molar-refractivity contribution < 1.29 is 0 Å². The van der Waals surface area contributed by atoms with E-state index in [1.807, 2.05) is 11.8 Å². The summed E-state index contributed by atoms with van der Waals surface area (Å²) >= 11 is 7.62. The van der Waals surface area contributed by atoms with Crippen molar-refractivity contribution >= 4 is 29.1 Å². The summed E-state index contributed by atoms with van der Waals surface area (Å²) in [6, 6.07) is 0.644. The van der Waals surface area contributed by atoms with Crippen LogP contribution in [-0.4, -0.2) is 40.6 Å². The monoisotopic (exact) mass is 286 g/mol. The van der Waals surface area contributed by atoms with Gasteiger partial charge in [0.15, 0.2) is 5.11 Å². The first kappa shape index (κ1) is 14.4. The van der Waals surface area contributed by atoms with Gasteiger partial charge in [-0.25, -0.2) is 0 Å². The molecule has 0 amide bonds. The quantitative estimate of drug-likeness (QED) is 0.782. The van der Waals surface area contributed by atoms with Crippen LogP contribution >= 0.6 is 24.0 Å². The van der Waals surface area contributed by atoms with Crippen LogP contribution in [0.3, 0.4) is 0 Å². The molecule has 2 aliphatic rings. The molecule has 1 aliphatic heterocycles. The third kappa shape index (κ3) is 4.30. The van der Waals surface area contributed by atoms with Crippen LogP contribution in [0.2, 0.25) is 0 Å². The number of thiocarbonyl (C=S) groups is 1. The highest BCUT2D eigenvalue weighted by Gasteiger charge is 2.20. The Morgan fingerprint density at radius 2 is 1.83 bits per heavy atom. The first-order chi connectivity index (χ1) is 8.79. The molecule has 0 aromatic heterocycles. The van der Waals surface area contributed by atoms with Gasteiger partial charge in [-0.1, -0.05) is 19.3 Å². The maximum atomic E-state index is 5.60. The fourth-order valence-electron chi connectivity index (χ4n) is 3.02. The summed E-state index contributed by atoms with van der Waals surface area (Å²) in [7, 11) is 0. The van der Waals surface area contributed by atoms with E-state index in [-0.39, 0.29) is 0 Å². The molecule has 104 valence electrons. The van der Waals surface area contributed by atoms with Gasteiger partial charge in [-0.3, -0.25) is 0 Å². The Hall–Kier alpha value is 0.0400. The van der Waals surface area contributed by atoms with Crippen LogP contribution in [-0.2, 0) is 0 Å². The van der Waals surface area contributed by atoms with E-state index in [0.29, 0.717) is 6.04 Å². The van der Waals surface area contributed by atoms with Crippen LogP contribution < -0.4 is 5.32 Å². The van der Waals surface area contributed by atoms with Crippen LogP contribution in [0, 0.1) is 0 Å². The lowest BCUT2D eigenvalue weighted by Crippen LogP contribution is -2.45. The zero-order chi connectivity index (χ0) is 12.8. The zero-order valence-corrected chi connectivity index (χ0v) is 13.1. The second-order valence-electron chi connectivity index (χ2n) is 5.56. The number of rotatable bonds is 2. The van der Waals surface area contributed by atoms with Crippen LogP contribution in [0.25, 0.3) is 0 Å². The molecule has 0 bridgehead atoms. The van der Waals surface area contributed by atoms with Crippen molar-refractivity contribution in [1.29, 1.82) is 0 Å². The first-order valence-electron chi connectivity index (χ1n) is 7.38. The van der Waals surface area contributed by atoms with Gasteiger partial charge in [0, 0.05) is 24.4 Å². The molecule has 1 saturated carbocycles. The van der Waals surface area contributed by atoms with Gasteiger partial charge in [0.05, 0.1) is 0 Å². The SMILES string of the molecule is CSC1CCCN(C(=S)NC2CCCCC2)CC1. The van der Waals surface area contributed by atoms with Crippen molar-refractivity contribution in [1.82, 2.24) is 10.2 Å². The van der Waals surface area contributed by atoms with E-state index in [9.17, 15) is 0 Å². The Labute approximate surface area is 121 Å². The second-order valence-corrected chi connectivity index (χ2v) is 7.08. The number of nitrogens with zero attached hydrogens (tertiary/aromatic N) is 1. The lowest BCUT2D eigenvalue weighted by Gasteiger charge is -2.30. The van der Waals surface area contributed by atoms with E-state index < -0.39 is 0 Å². The summed E-state index contributed by atoms with van der Waals surface area (Å²) in [5.41, 5.74) is 0. The van der Waals surface area contributed by atoms with Gasteiger partial charge >= 0.3 is 0 Å². The molecule has 1 aliphatic carbocycles. The summed E-state index contributed by atoms with van der Waals surface area (Å²) < 4.78 is 0. The summed E-state index contributed by atoms with van der Waals surface area (Å²) in [5.74, 6) is 0. The van der Waals surface area contributed by atoms with Gasteiger partial charge in [0.2, 0.25) is 0 Å². The molecule has 2 rings (SSSR count). The molecule has 1 saturated heterocycles. The minimum atomic E-state index is 0.644. The summed E-state index contributed by atoms with van der Waals surface area (Å²) in [6.07, 6.45) is 12.9. The summed E-state index contributed by atoms with van der Waals surface area (Å²) in [5, 5.41) is 5.46. The molecule has 0 aromatic carbocycles. The van der Waals surface area contributed by atoms with Crippen LogP contribution in [0.1, 0.15) is 51.4 Å². The maximum absolute atomic E-state index is 5.60. The molecule has 1 heterocycles. The van der Waals surface area contributed by atoms with Crippen LogP contribution in [0.5, 0.6) is 0 Å². The molecular formula is C14H26N2S2. The van der Waals surface area contributed by atoms with E-state index in [1.54, 1.807) is 0 Å². The Kier molecular flexibility index (Phi) is 6.09. The van der Waals surface area contributed by atoms with Crippen LogP contribution in [0.15, 0.2) is 0 Å².